The van der Waals surface area contributed by atoms with Crippen molar-refractivity contribution in [3.8, 4) is 0 Å². The summed E-state index contributed by atoms with van der Waals surface area (Å²) in [7, 11) is 0. The lowest BCUT2D eigenvalue weighted by molar-refractivity contribution is 0.0619. The summed E-state index contributed by atoms with van der Waals surface area (Å²) < 4.78 is 0. The highest BCUT2D eigenvalue weighted by molar-refractivity contribution is 5.65. The second kappa shape index (κ2) is 6.12. The lowest BCUT2D eigenvalue weighted by Crippen LogP contribution is -2.62. The van der Waals surface area contributed by atoms with Crippen molar-refractivity contribution in [3.05, 3.63) is 0 Å². The Balaban J connectivity index is 2.75. The van der Waals surface area contributed by atoms with Gasteiger partial charge in [-0.3, -0.25) is 0 Å². The van der Waals surface area contributed by atoms with Gasteiger partial charge in [0, 0.05) is 23.7 Å². The van der Waals surface area contributed by atoms with Crippen LogP contribution in [-0.4, -0.2) is 39.8 Å². The molecule has 1 saturated heterocycles. The van der Waals surface area contributed by atoms with E-state index in [9.17, 15) is 9.90 Å². The second-order valence-electron chi connectivity index (χ2n) is 7.14. The monoisotopic (exact) mass is 270 g/mol. The van der Waals surface area contributed by atoms with E-state index in [0.29, 0.717) is 6.54 Å². The molecule has 1 fully saturated rings. The molecule has 0 aliphatic carbocycles. The Morgan fingerprint density at radius 3 is 2.16 bits per heavy atom. The number of nitrogens with one attached hydrogen (secondary N) is 1. The number of rotatable bonds is 5. The first-order chi connectivity index (χ1) is 8.67. The maximum atomic E-state index is 11.5. The third kappa shape index (κ3) is 5.01. The van der Waals surface area contributed by atoms with Crippen LogP contribution < -0.4 is 5.32 Å². The molecule has 1 rings (SSSR count). The fourth-order valence-corrected chi connectivity index (χ4v) is 3.46. The first-order valence-electron chi connectivity index (χ1n) is 7.46. The molecule has 1 heterocycles. The Labute approximate surface area is 117 Å². The maximum absolute atomic E-state index is 11.5. The van der Waals surface area contributed by atoms with E-state index in [2.05, 4.69) is 39.9 Å². The lowest BCUT2D eigenvalue weighted by atomic mass is 9.79. The molecule has 4 nitrogen and oxygen atoms in total. The molecule has 0 atom stereocenters. The van der Waals surface area contributed by atoms with Crippen LogP contribution in [-0.2, 0) is 0 Å². The summed E-state index contributed by atoms with van der Waals surface area (Å²) in [4.78, 5) is 13.2. The van der Waals surface area contributed by atoms with Crippen molar-refractivity contribution in [2.75, 3.05) is 6.54 Å². The number of piperidine rings is 1. The molecule has 0 unspecified atom stereocenters. The van der Waals surface area contributed by atoms with Gasteiger partial charge in [0.1, 0.15) is 0 Å². The summed E-state index contributed by atoms with van der Waals surface area (Å²) >= 11 is 0. The Morgan fingerprint density at radius 2 is 1.74 bits per heavy atom. The molecule has 19 heavy (non-hydrogen) atoms. The Kier molecular flexibility index (Phi) is 5.25. The Hall–Kier alpha value is -0.770. The molecule has 1 aliphatic heterocycles. The van der Waals surface area contributed by atoms with E-state index in [4.69, 9.17) is 0 Å². The van der Waals surface area contributed by atoms with E-state index < -0.39 is 6.09 Å². The highest BCUT2D eigenvalue weighted by atomic mass is 16.4. The van der Waals surface area contributed by atoms with Crippen LogP contribution in [0.15, 0.2) is 0 Å². The standard InChI is InChI=1S/C15H30N2O2/c1-6-7-8-9-17(13(18)19)12-10-14(2,3)16-15(4,5)11-12/h12,16H,6-11H2,1-5H3,(H,18,19). The minimum Gasteiger partial charge on any atom is -0.465 e. The van der Waals surface area contributed by atoms with Crippen molar-refractivity contribution in [2.45, 2.75) is 83.8 Å². The molecule has 1 aliphatic rings. The first-order valence-corrected chi connectivity index (χ1v) is 7.46. The summed E-state index contributed by atoms with van der Waals surface area (Å²) in [6, 6.07) is 0.126. The van der Waals surface area contributed by atoms with Gasteiger partial charge < -0.3 is 15.3 Å². The van der Waals surface area contributed by atoms with Gasteiger partial charge in [-0.1, -0.05) is 19.8 Å². The topological polar surface area (TPSA) is 52.6 Å². The lowest BCUT2D eigenvalue weighted by Gasteiger charge is -2.49. The molecule has 0 aromatic heterocycles. The molecule has 0 radical (unpaired) electrons. The minimum absolute atomic E-state index is 0.00905. The van der Waals surface area contributed by atoms with Crippen molar-refractivity contribution in [2.24, 2.45) is 0 Å². The SMILES string of the molecule is CCCCCN(C(=O)O)C1CC(C)(C)NC(C)(C)C1. The van der Waals surface area contributed by atoms with E-state index in [1.54, 1.807) is 4.90 Å². The molecule has 0 saturated carbocycles. The molecule has 2 N–H and O–H groups in total. The van der Waals surface area contributed by atoms with Gasteiger partial charge in [0.15, 0.2) is 0 Å². The normalized spacial score (nSPS) is 22.2. The van der Waals surface area contributed by atoms with Gasteiger partial charge in [0.05, 0.1) is 0 Å². The van der Waals surface area contributed by atoms with Crippen LogP contribution in [0.25, 0.3) is 0 Å². The van der Waals surface area contributed by atoms with Gasteiger partial charge >= 0.3 is 6.09 Å². The van der Waals surface area contributed by atoms with Crippen molar-refractivity contribution < 1.29 is 9.90 Å². The summed E-state index contributed by atoms with van der Waals surface area (Å²) in [6.07, 6.45) is 4.18. The molecule has 0 aromatic carbocycles. The first kappa shape index (κ1) is 16.3. The Morgan fingerprint density at radius 1 is 1.21 bits per heavy atom. The highest BCUT2D eigenvalue weighted by Crippen LogP contribution is 2.31. The zero-order valence-corrected chi connectivity index (χ0v) is 13.1. The Bertz CT molecular complexity index is 297. The highest BCUT2D eigenvalue weighted by Gasteiger charge is 2.41. The van der Waals surface area contributed by atoms with E-state index in [1.807, 2.05) is 0 Å². The third-order valence-corrected chi connectivity index (χ3v) is 3.86. The van der Waals surface area contributed by atoms with Crippen LogP contribution in [0.1, 0.15) is 66.7 Å². The quantitative estimate of drug-likeness (QED) is 0.752. The van der Waals surface area contributed by atoms with Crippen LogP contribution in [0, 0.1) is 0 Å². The van der Waals surface area contributed by atoms with Gasteiger partial charge in [-0.05, 0) is 47.0 Å². The van der Waals surface area contributed by atoms with Crippen molar-refractivity contribution >= 4 is 6.09 Å². The predicted molar refractivity (Wildman–Crippen MR) is 78.6 cm³/mol. The van der Waals surface area contributed by atoms with Crippen LogP contribution in [0.3, 0.4) is 0 Å². The summed E-state index contributed by atoms with van der Waals surface area (Å²) in [6.45, 7) is 11.4. The molecule has 0 bridgehead atoms. The van der Waals surface area contributed by atoms with E-state index in [1.165, 1.54) is 0 Å². The molecular formula is C15H30N2O2. The average Bonchev–Trinajstić information content (AvgIpc) is 2.19. The van der Waals surface area contributed by atoms with Crippen molar-refractivity contribution in [3.63, 3.8) is 0 Å². The molecule has 112 valence electrons. The van der Waals surface area contributed by atoms with Crippen LogP contribution >= 0.6 is 0 Å². The zero-order chi connectivity index (χ0) is 14.7. The summed E-state index contributed by atoms with van der Waals surface area (Å²) in [5.74, 6) is 0. The smallest absolute Gasteiger partial charge is 0.407 e. The summed E-state index contributed by atoms with van der Waals surface area (Å²) in [5, 5.41) is 13.1. The van der Waals surface area contributed by atoms with Gasteiger partial charge in [0.2, 0.25) is 0 Å². The van der Waals surface area contributed by atoms with Crippen molar-refractivity contribution in [1.29, 1.82) is 0 Å². The number of carbonyl (C=O) groups is 1. The number of hydrogen-bond acceptors (Lipinski definition) is 2. The number of hydrogen-bond donors (Lipinski definition) is 2. The van der Waals surface area contributed by atoms with Crippen LogP contribution in [0.5, 0.6) is 0 Å². The summed E-state index contributed by atoms with van der Waals surface area (Å²) in [5.41, 5.74) is -0.0181. The van der Waals surface area contributed by atoms with E-state index >= 15 is 0 Å². The number of nitrogens with zero attached hydrogens (tertiary/aromatic N) is 1. The minimum atomic E-state index is -0.769. The van der Waals surface area contributed by atoms with Gasteiger partial charge in [-0.15, -0.1) is 0 Å². The molecule has 0 aromatic rings. The number of unbranched alkanes of at least 4 members (excludes halogenated alkanes) is 2. The second-order valence-corrected chi connectivity index (χ2v) is 7.14. The fraction of sp³-hybridized carbons (Fsp3) is 0.933. The maximum Gasteiger partial charge on any atom is 0.407 e. The van der Waals surface area contributed by atoms with Gasteiger partial charge in [-0.25, -0.2) is 4.79 Å². The van der Waals surface area contributed by atoms with Gasteiger partial charge in [0.25, 0.3) is 0 Å². The largest absolute Gasteiger partial charge is 0.465 e. The van der Waals surface area contributed by atoms with E-state index in [-0.39, 0.29) is 17.1 Å². The van der Waals surface area contributed by atoms with Crippen LogP contribution in [0.4, 0.5) is 4.79 Å². The molecule has 4 heteroatoms. The average molecular weight is 270 g/mol. The molecular weight excluding hydrogens is 240 g/mol. The fourth-order valence-electron chi connectivity index (χ4n) is 3.46. The third-order valence-electron chi connectivity index (χ3n) is 3.86. The van der Waals surface area contributed by atoms with Crippen LogP contribution in [0.2, 0.25) is 0 Å². The molecule has 1 amide bonds. The van der Waals surface area contributed by atoms with Gasteiger partial charge in [-0.2, -0.15) is 0 Å². The van der Waals surface area contributed by atoms with E-state index in [0.717, 1.165) is 32.1 Å². The predicted octanol–water partition coefficient (Wildman–Crippen LogP) is 3.47. The zero-order valence-electron chi connectivity index (χ0n) is 13.1. The molecule has 0 spiro atoms. The number of carboxylic acid groups (broad SMARTS) is 1. The number of amides is 1. The van der Waals surface area contributed by atoms with Crippen molar-refractivity contribution in [1.82, 2.24) is 10.2 Å².